The lowest BCUT2D eigenvalue weighted by molar-refractivity contribution is -0.0134. The summed E-state index contributed by atoms with van der Waals surface area (Å²) in [5.41, 5.74) is 0.588. The van der Waals surface area contributed by atoms with Crippen LogP contribution in [0.2, 0.25) is 0 Å². The molecule has 0 heterocycles. The van der Waals surface area contributed by atoms with E-state index in [0.29, 0.717) is 5.41 Å². The standard InChI is InChI=1S/C12H24/c1-6-10-8-11(9(10)3)12(4,5)7-2/h9-11H,6-8H2,1-5H3. The Morgan fingerprint density at radius 1 is 1.25 bits per heavy atom. The number of hydrogen-bond donors (Lipinski definition) is 0. The summed E-state index contributed by atoms with van der Waals surface area (Å²) >= 11 is 0. The zero-order valence-corrected chi connectivity index (χ0v) is 9.35. The van der Waals surface area contributed by atoms with Gasteiger partial charge in [0.25, 0.3) is 0 Å². The molecular formula is C12H24. The topological polar surface area (TPSA) is 0 Å². The highest BCUT2D eigenvalue weighted by molar-refractivity contribution is 4.93. The Morgan fingerprint density at radius 3 is 2.17 bits per heavy atom. The van der Waals surface area contributed by atoms with Crippen molar-refractivity contribution in [2.75, 3.05) is 0 Å². The number of rotatable bonds is 3. The zero-order chi connectivity index (χ0) is 9.35. The van der Waals surface area contributed by atoms with E-state index in [2.05, 4.69) is 34.6 Å². The maximum absolute atomic E-state index is 2.44. The van der Waals surface area contributed by atoms with Gasteiger partial charge in [-0.25, -0.2) is 0 Å². The Labute approximate surface area is 77.7 Å². The molecule has 1 fully saturated rings. The van der Waals surface area contributed by atoms with E-state index in [1.54, 1.807) is 0 Å². The fourth-order valence-corrected chi connectivity index (χ4v) is 2.72. The maximum atomic E-state index is 2.44. The summed E-state index contributed by atoms with van der Waals surface area (Å²) in [4.78, 5) is 0. The van der Waals surface area contributed by atoms with Gasteiger partial charge in [0.05, 0.1) is 0 Å². The summed E-state index contributed by atoms with van der Waals surface area (Å²) in [5.74, 6) is 3.00. The average molecular weight is 168 g/mol. The highest BCUT2D eigenvalue weighted by Gasteiger charge is 2.43. The molecule has 1 aliphatic carbocycles. The molecule has 0 N–H and O–H groups in total. The summed E-state index contributed by atoms with van der Waals surface area (Å²) in [6.45, 7) is 12.0. The molecule has 0 nitrogen and oxygen atoms in total. The van der Waals surface area contributed by atoms with Gasteiger partial charge in [0, 0.05) is 0 Å². The van der Waals surface area contributed by atoms with Gasteiger partial charge in [-0.1, -0.05) is 47.5 Å². The molecule has 0 aromatic carbocycles. The van der Waals surface area contributed by atoms with E-state index >= 15 is 0 Å². The van der Waals surface area contributed by atoms with Crippen LogP contribution in [-0.2, 0) is 0 Å². The predicted octanol–water partition coefficient (Wildman–Crippen LogP) is 4.10. The molecule has 1 saturated carbocycles. The SMILES string of the molecule is CCC1CC(C(C)(C)CC)C1C. The Kier molecular flexibility index (Phi) is 2.85. The van der Waals surface area contributed by atoms with Gasteiger partial charge in [0.15, 0.2) is 0 Å². The second-order valence-corrected chi connectivity index (χ2v) is 5.21. The van der Waals surface area contributed by atoms with E-state index in [9.17, 15) is 0 Å². The smallest absolute Gasteiger partial charge is 0.0326 e. The molecule has 1 aliphatic rings. The lowest BCUT2D eigenvalue weighted by atomic mass is 9.54. The Morgan fingerprint density at radius 2 is 1.83 bits per heavy atom. The lowest BCUT2D eigenvalue weighted by Gasteiger charge is -2.51. The fraction of sp³-hybridized carbons (Fsp3) is 1.00. The first-order valence-electron chi connectivity index (χ1n) is 5.53. The average Bonchev–Trinajstić information content (AvgIpc) is 2.02. The molecule has 0 aromatic heterocycles. The monoisotopic (exact) mass is 168 g/mol. The molecule has 1 rings (SSSR count). The van der Waals surface area contributed by atoms with Crippen molar-refractivity contribution in [2.24, 2.45) is 23.2 Å². The molecule has 12 heavy (non-hydrogen) atoms. The Balaban J connectivity index is 2.48. The summed E-state index contributed by atoms with van der Waals surface area (Å²) in [6, 6.07) is 0. The van der Waals surface area contributed by atoms with Crippen LogP contribution in [0.15, 0.2) is 0 Å². The van der Waals surface area contributed by atoms with E-state index < -0.39 is 0 Å². The van der Waals surface area contributed by atoms with Crippen LogP contribution in [0.4, 0.5) is 0 Å². The van der Waals surface area contributed by atoms with E-state index in [-0.39, 0.29) is 0 Å². The van der Waals surface area contributed by atoms with Gasteiger partial charge in [0.2, 0.25) is 0 Å². The van der Waals surface area contributed by atoms with Gasteiger partial charge in [-0.15, -0.1) is 0 Å². The van der Waals surface area contributed by atoms with Crippen molar-refractivity contribution in [3.05, 3.63) is 0 Å². The maximum Gasteiger partial charge on any atom is -0.0326 e. The summed E-state index contributed by atoms with van der Waals surface area (Å²) in [7, 11) is 0. The number of hydrogen-bond acceptors (Lipinski definition) is 0. The van der Waals surface area contributed by atoms with Gasteiger partial charge in [-0.05, 0) is 29.6 Å². The second kappa shape index (κ2) is 3.40. The molecule has 0 saturated heterocycles. The van der Waals surface area contributed by atoms with Crippen LogP contribution >= 0.6 is 0 Å². The minimum atomic E-state index is 0.588. The summed E-state index contributed by atoms with van der Waals surface area (Å²) in [5, 5.41) is 0. The largest absolute Gasteiger partial charge is 0.0651 e. The molecule has 3 atom stereocenters. The molecule has 0 bridgehead atoms. The molecule has 0 aromatic rings. The summed E-state index contributed by atoms with van der Waals surface area (Å²) < 4.78 is 0. The van der Waals surface area contributed by atoms with Crippen LogP contribution in [0.25, 0.3) is 0 Å². The molecule has 72 valence electrons. The third-order valence-corrected chi connectivity index (χ3v) is 4.37. The highest BCUT2D eigenvalue weighted by atomic mass is 14.5. The van der Waals surface area contributed by atoms with E-state index in [0.717, 1.165) is 17.8 Å². The normalized spacial score (nSPS) is 36.2. The first kappa shape index (κ1) is 10.1. The Bertz CT molecular complexity index is 146. The van der Waals surface area contributed by atoms with Crippen molar-refractivity contribution in [1.29, 1.82) is 0 Å². The first-order chi connectivity index (χ1) is 5.53. The molecular weight excluding hydrogens is 144 g/mol. The third kappa shape index (κ3) is 1.53. The predicted molar refractivity (Wildman–Crippen MR) is 55.1 cm³/mol. The molecule has 0 amide bonds. The van der Waals surface area contributed by atoms with Crippen LogP contribution in [0, 0.1) is 23.2 Å². The van der Waals surface area contributed by atoms with Crippen LogP contribution in [-0.4, -0.2) is 0 Å². The van der Waals surface area contributed by atoms with Gasteiger partial charge < -0.3 is 0 Å². The van der Waals surface area contributed by atoms with E-state index in [1.807, 2.05) is 0 Å². The first-order valence-corrected chi connectivity index (χ1v) is 5.53. The van der Waals surface area contributed by atoms with Crippen LogP contribution in [0.5, 0.6) is 0 Å². The van der Waals surface area contributed by atoms with E-state index in [4.69, 9.17) is 0 Å². The van der Waals surface area contributed by atoms with Crippen molar-refractivity contribution in [2.45, 2.75) is 53.9 Å². The van der Waals surface area contributed by atoms with Gasteiger partial charge in [0.1, 0.15) is 0 Å². The fourth-order valence-electron chi connectivity index (χ4n) is 2.72. The quantitative estimate of drug-likeness (QED) is 0.595. The van der Waals surface area contributed by atoms with E-state index in [1.165, 1.54) is 19.3 Å². The Hall–Kier alpha value is 0. The van der Waals surface area contributed by atoms with Crippen LogP contribution in [0.1, 0.15) is 53.9 Å². The molecule has 3 unspecified atom stereocenters. The summed E-state index contributed by atoms with van der Waals surface area (Å²) in [6.07, 6.45) is 4.20. The van der Waals surface area contributed by atoms with Gasteiger partial charge >= 0.3 is 0 Å². The minimum absolute atomic E-state index is 0.588. The minimum Gasteiger partial charge on any atom is -0.0651 e. The lowest BCUT2D eigenvalue weighted by Crippen LogP contribution is -2.43. The molecule has 0 heteroatoms. The molecule has 0 aliphatic heterocycles. The van der Waals surface area contributed by atoms with Crippen LogP contribution in [0.3, 0.4) is 0 Å². The van der Waals surface area contributed by atoms with Gasteiger partial charge in [-0.2, -0.15) is 0 Å². The third-order valence-electron chi connectivity index (χ3n) is 4.37. The molecule has 0 radical (unpaired) electrons. The van der Waals surface area contributed by atoms with Crippen molar-refractivity contribution in [3.63, 3.8) is 0 Å². The van der Waals surface area contributed by atoms with Crippen molar-refractivity contribution < 1.29 is 0 Å². The second-order valence-electron chi connectivity index (χ2n) is 5.21. The van der Waals surface area contributed by atoms with Crippen LogP contribution < -0.4 is 0 Å². The highest BCUT2D eigenvalue weighted by Crippen LogP contribution is 2.52. The van der Waals surface area contributed by atoms with Crippen molar-refractivity contribution >= 4 is 0 Å². The van der Waals surface area contributed by atoms with Crippen molar-refractivity contribution in [3.8, 4) is 0 Å². The molecule has 0 spiro atoms. The zero-order valence-electron chi connectivity index (χ0n) is 9.35. The van der Waals surface area contributed by atoms with Gasteiger partial charge in [-0.3, -0.25) is 0 Å². The van der Waals surface area contributed by atoms with Crippen molar-refractivity contribution in [1.82, 2.24) is 0 Å².